The first-order valence-electron chi connectivity index (χ1n) is 10.8. The van der Waals surface area contributed by atoms with Gasteiger partial charge in [0.2, 0.25) is 5.95 Å². The first-order valence-corrected chi connectivity index (χ1v) is 11.2. The summed E-state index contributed by atoms with van der Waals surface area (Å²) in [7, 11) is 0. The van der Waals surface area contributed by atoms with Crippen LogP contribution in [-0.4, -0.2) is 34.1 Å². The van der Waals surface area contributed by atoms with Gasteiger partial charge in [-0.1, -0.05) is 46.2 Å². The van der Waals surface area contributed by atoms with E-state index in [2.05, 4.69) is 46.5 Å². The van der Waals surface area contributed by atoms with E-state index in [9.17, 15) is 0 Å². The molecule has 6 heteroatoms. The summed E-state index contributed by atoms with van der Waals surface area (Å²) < 4.78 is 6.03. The van der Waals surface area contributed by atoms with Crippen molar-refractivity contribution in [1.29, 1.82) is 0 Å². The average molecular weight is 431 g/mol. The molecule has 0 radical (unpaired) electrons. The Kier molecular flexibility index (Phi) is 11.2. The van der Waals surface area contributed by atoms with Crippen molar-refractivity contribution in [2.75, 3.05) is 18.0 Å². The van der Waals surface area contributed by atoms with Crippen LogP contribution in [0, 0.1) is 30.6 Å². The summed E-state index contributed by atoms with van der Waals surface area (Å²) >= 11 is 5.81. The van der Waals surface area contributed by atoms with Crippen molar-refractivity contribution in [2.24, 2.45) is 17.8 Å². The van der Waals surface area contributed by atoms with Crippen LogP contribution >= 0.6 is 11.6 Å². The van der Waals surface area contributed by atoms with Crippen LogP contribution in [0.15, 0.2) is 30.7 Å². The van der Waals surface area contributed by atoms with Gasteiger partial charge in [0.1, 0.15) is 10.9 Å². The Morgan fingerprint density at radius 1 is 1.03 bits per heavy atom. The SMILES string of the molecule is C#C.CC.CC.CCc1cnc(N2CC3C(C2)C3C(C)Oc2ccc(Cl)nc2)nc1. The van der Waals surface area contributed by atoms with Crippen LogP contribution < -0.4 is 9.64 Å². The monoisotopic (exact) mass is 430 g/mol. The van der Waals surface area contributed by atoms with E-state index >= 15 is 0 Å². The van der Waals surface area contributed by atoms with Crippen molar-refractivity contribution in [3.8, 4) is 18.6 Å². The first-order chi connectivity index (χ1) is 14.7. The summed E-state index contributed by atoms with van der Waals surface area (Å²) in [4.78, 5) is 15.3. The molecule has 164 valence electrons. The largest absolute Gasteiger partial charge is 0.489 e. The molecule has 1 aliphatic heterocycles. The molecule has 2 fully saturated rings. The minimum atomic E-state index is 0.188. The van der Waals surface area contributed by atoms with Gasteiger partial charge in [0.05, 0.1) is 12.3 Å². The lowest BCUT2D eigenvalue weighted by atomic mass is 10.1. The summed E-state index contributed by atoms with van der Waals surface area (Å²) in [6.45, 7) is 14.3. The third-order valence-corrected chi connectivity index (χ3v) is 5.43. The summed E-state index contributed by atoms with van der Waals surface area (Å²) in [6, 6.07) is 3.63. The van der Waals surface area contributed by atoms with Gasteiger partial charge in [-0.25, -0.2) is 15.0 Å². The Bertz CT molecular complexity index is 736. The number of piperidine rings is 1. The molecule has 4 rings (SSSR count). The molecule has 2 aliphatic rings. The zero-order chi connectivity index (χ0) is 22.7. The van der Waals surface area contributed by atoms with Crippen molar-refractivity contribution in [3.05, 3.63) is 41.4 Å². The van der Waals surface area contributed by atoms with E-state index in [1.54, 1.807) is 12.3 Å². The zero-order valence-electron chi connectivity index (χ0n) is 19.0. The van der Waals surface area contributed by atoms with Gasteiger partial charge in [-0.15, -0.1) is 12.8 Å². The molecule has 1 saturated carbocycles. The van der Waals surface area contributed by atoms with Crippen molar-refractivity contribution >= 4 is 17.5 Å². The summed E-state index contributed by atoms with van der Waals surface area (Å²) in [5.74, 6) is 3.59. The molecular weight excluding hydrogens is 396 g/mol. The minimum absolute atomic E-state index is 0.188. The zero-order valence-corrected chi connectivity index (χ0v) is 19.8. The average Bonchev–Trinajstić information content (AvgIpc) is 3.33. The van der Waals surface area contributed by atoms with E-state index in [0.717, 1.165) is 31.2 Å². The van der Waals surface area contributed by atoms with Crippen LogP contribution in [0.3, 0.4) is 0 Å². The number of fused-ring (bicyclic) bond motifs is 1. The first kappa shape index (κ1) is 25.7. The molecule has 0 bridgehead atoms. The molecular formula is C24H35ClN4O. The van der Waals surface area contributed by atoms with Gasteiger partial charge in [-0.05, 0) is 42.9 Å². The van der Waals surface area contributed by atoms with E-state index in [-0.39, 0.29) is 6.10 Å². The number of aromatic nitrogens is 3. The maximum Gasteiger partial charge on any atom is 0.225 e. The number of hydrogen-bond acceptors (Lipinski definition) is 5. The van der Waals surface area contributed by atoms with Crippen molar-refractivity contribution in [3.63, 3.8) is 0 Å². The highest BCUT2D eigenvalue weighted by Gasteiger charge is 2.59. The Morgan fingerprint density at radius 2 is 1.60 bits per heavy atom. The van der Waals surface area contributed by atoms with Crippen LogP contribution in [0.5, 0.6) is 5.75 Å². The lowest BCUT2D eigenvalue weighted by molar-refractivity contribution is 0.182. The molecule has 2 aromatic heterocycles. The van der Waals surface area contributed by atoms with Gasteiger partial charge < -0.3 is 9.64 Å². The van der Waals surface area contributed by atoms with Crippen LogP contribution in [0.2, 0.25) is 5.15 Å². The number of ether oxygens (including phenoxy) is 1. The van der Waals surface area contributed by atoms with Gasteiger partial charge in [-0.2, -0.15) is 0 Å². The minimum Gasteiger partial charge on any atom is -0.489 e. The van der Waals surface area contributed by atoms with Gasteiger partial charge in [-0.3, -0.25) is 0 Å². The molecule has 0 N–H and O–H groups in total. The van der Waals surface area contributed by atoms with Gasteiger partial charge in [0.15, 0.2) is 0 Å². The van der Waals surface area contributed by atoms with Crippen molar-refractivity contribution in [1.82, 2.24) is 15.0 Å². The normalized spacial score (nSPS) is 21.4. The van der Waals surface area contributed by atoms with Crippen LogP contribution in [-0.2, 0) is 6.42 Å². The lowest BCUT2D eigenvalue weighted by Gasteiger charge is -2.22. The van der Waals surface area contributed by atoms with E-state index in [0.29, 0.717) is 22.9 Å². The number of rotatable bonds is 5. The Balaban J connectivity index is 0.000000691. The fraction of sp³-hybridized carbons (Fsp3) is 0.542. The number of terminal acetylenes is 1. The van der Waals surface area contributed by atoms with Crippen molar-refractivity contribution in [2.45, 2.75) is 54.1 Å². The van der Waals surface area contributed by atoms with E-state index in [1.165, 1.54) is 5.56 Å². The predicted octanol–water partition coefficient (Wildman–Crippen LogP) is 5.54. The highest BCUT2D eigenvalue weighted by Crippen LogP contribution is 2.54. The van der Waals surface area contributed by atoms with E-state index < -0.39 is 0 Å². The Labute approximate surface area is 187 Å². The molecule has 3 heterocycles. The quantitative estimate of drug-likeness (QED) is 0.460. The van der Waals surface area contributed by atoms with Crippen LogP contribution in [0.1, 0.15) is 47.1 Å². The molecule has 0 aromatic carbocycles. The van der Waals surface area contributed by atoms with Gasteiger partial charge >= 0.3 is 0 Å². The van der Waals surface area contributed by atoms with Crippen LogP contribution in [0.25, 0.3) is 0 Å². The Morgan fingerprint density at radius 3 is 2.07 bits per heavy atom. The molecule has 0 amide bonds. The van der Waals surface area contributed by atoms with Crippen LogP contribution in [0.4, 0.5) is 5.95 Å². The fourth-order valence-corrected chi connectivity index (χ4v) is 3.96. The van der Waals surface area contributed by atoms with Crippen molar-refractivity contribution < 1.29 is 4.74 Å². The van der Waals surface area contributed by atoms with Gasteiger partial charge in [0.25, 0.3) is 0 Å². The number of pyridine rings is 1. The molecule has 3 atom stereocenters. The number of anilines is 1. The number of nitrogens with zero attached hydrogens (tertiary/aromatic N) is 4. The summed E-state index contributed by atoms with van der Waals surface area (Å²) in [6.07, 6.45) is 14.7. The standard InChI is InChI=1S/C18H21ClN4O.2C2H6.C2H2/c1-3-12-6-21-18(22-7-12)23-9-14-15(10-23)17(14)11(2)24-13-4-5-16(19)20-8-13;3*1-2/h4-8,11,14-15,17H,3,9-10H2,1-2H3;2*1-2H3;1-2H. The summed E-state index contributed by atoms with van der Waals surface area (Å²) in [5.41, 5.74) is 1.18. The maximum atomic E-state index is 6.03. The maximum absolute atomic E-state index is 6.03. The smallest absolute Gasteiger partial charge is 0.225 e. The second-order valence-corrected chi connectivity index (χ2v) is 7.08. The highest BCUT2D eigenvalue weighted by atomic mass is 35.5. The molecule has 3 unspecified atom stereocenters. The molecule has 1 saturated heterocycles. The Hall–Kier alpha value is -2.32. The molecule has 0 spiro atoms. The molecule has 5 nitrogen and oxygen atoms in total. The van der Waals surface area contributed by atoms with Gasteiger partial charge in [0, 0.05) is 31.4 Å². The second-order valence-electron chi connectivity index (χ2n) is 6.69. The molecule has 1 aliphatic carbocycles. The topological polar surface area (TPSA) is 51.1 Å². The third kappa shape index (κ3) is 6.34. The predicted molar refractivity (Wildman–Crippen MR) is 126 cm³/mol. The lowest BCUT2D eigenvalue weighted by Crippen LogP contribution is -2.29. The highest BCUT2D eigenvalue weighted by molar-refractivity contribution is 6.29. The number of aryl methyl sites for hydroxylation is 1. The van der Waals surface area contributed by atoms with E-state index in [4.69, 9.17) is 16.3 Å². The molecule has 30 heavy (non-hydrogen) atoms. The van der Waals surface area contributed by atoms with E-state index in [1.807, 2.05) is 46.2 Å². The second kappa shape index (κ2) is 13.1. The number of halogens is 1. The number of hydrogen-bond donors (Lipinski definition) is 0. The summed E-state index contributed by atoms with van der Waals surface area (Å²) in [5, 5.41) is 0.489. The fourth-order valence-electron chi connectivity index (χ4n) is 3.85. The third-order valence-electron chi connectivity index (χ3n) is 5.21. The molecule has 2 aromatic rings.